The van der Waals surface area contributed by atoms with E-state index >= 15 is 0 Å². The van der Waals surface area contributed by atoms with Crippen LogP contribution in [0.1, 0.15) is 12.8 Å². The number of nitrogens with zero attached hydrogens (tertiary/aromatic N) is 1. The molecule has 0 atom stereocenters. The lowest BCUT2D eigenvalue weighted by Crippen LogP contribution is -2.33. The molecule has 0 fully saturated rings. The molecule has 0 aliphatic carbocycles. The van der Waals surface area contributed by atoms with Gasteiger partial charge in [0, 0.05) is 24.9 Å². The lowest BCUT2D eigenvalue weighted by molar-refractivity contribution is 0.281. The van der Waals surface area contributed by atoms with Gasteiger partial charge in [0.1, 0.15) is 12.4 Å². The van der Waals surface area contributed by atoms with Gasteiger partial charge < -0.3 is 20.5 Å². The first kappa shape index (κ1) is 11.1. The number of fused-ring (bicyclic) bond motifs is 1. The third-order valence-electron chi connectivity index (χ3n) is 2.78. The van der Waals surface area contributed by atoms with Crippen molar-refractivity contribution in [3.8, 4) is 5.75 Å². The van der Waals surface area contributed by atoms with Gasteiger partial charge in [0.05, 0.1) is 12.2 Å². The van der Waals surface area contributed by atoms with E-state index in [1.165, 1.54) is 0 Å². The van der Waals surface area contributed by atoms with Crippen LogP contribution in [0.4, 0.5) is 11.4 Å². The molecule has 0 bridgehead atoms. The van der Waals surface area contributed by atoms with Crippen molar-refractivity contribution in [2.75, 3.05) is 36.9 Å². The highest BCUT2D eigenvalue weighted by Gasteiger charge is 2.17. The number of aliphatic hydroxyl groups excluding tert-OH is 1. The van der Waals surface area contributed by atoms with E-state index in [1.807, 2.05) is 18.2 Å². The van der Waals surface area contributed by atoms with Crippen LogP contribution in [0.15, 0.2) is 18.2 Å². The van der Waals surface area contributed by atoms with E-state index in [0.717, 1.165) is 43.1 Å². The van der Waals surface area contributed by atoms with Crippen LogP contribution in [0.3, 0.4) is 0 Å². The molecule has 88 valence electrons. The number of aliphatic hydroxyl groups is 1. The standard InChI is InChI=1S/C12H18N2O2/c13-10-3-4-11-12(9-10)16-8-6-14(11)5-1-2-7-15/h3-4,9,15H,1-2,5-8,13H2. The van der Waals surface area contributed by atoms with Gasteiger partial charge >= 0.3 is 0 Å². The molecule has 0 spiro atoms. The molecule has 4 nitrogen and oxygen atoms in total. The normalized spacial score (nSPS) is 14.4. The molecule has 0 radical (unpaired) electrons. The summed E-state index contributed by atoms with van der Waals surface area (Å²) in [5.41, 5.74) is 7.56. The van der Waals surface area contributed by atoms with Gasteiger partial charge in [-0.2, -0.15) is 0 Å². The molecule has 4 heteroatoms. The van der Waals surface area contributed by atoms with Crippen molar-refractivity contribution in [1.82, 2.24) is 0 Å². The predicted octanol–water partition coefficient (Wildman–Crippen LogP) is 1.24. The minimum atomic E-state index is 0.263. The average molecular weight is 222 g/mol. The Balaban J connectivity index is 2.07. The monoisotopic (exact) mass is 222 g/mol. The topological polar surface area (TPSA) is 58.7 Å². The summed E-state index contributed by atoms with van der Waals surface area (Å²) in [4.78, 5) is 2.29. The molecule has 16 heavy (non-hydrogen) atoms. The Kier molecular flexibility index (Phi) is 3.51. The zero-order valence-electron chi connectivity index (χ0n) is 9.35. The summed E-state index contributed by atoms with van der Waals surface area (Å²) in [6.45, 7) is 2.83. The molecule has 1 aromatic rings. The number of nitrogens with two attached hydrogens (primary N) is 1. The van der Waals surface area contributed by atoms with Gasteiger partial charge in [-0.3, -0.25) is 0 Å². The predicted molar refractivity (Wildman–Crippen MR) is 64.9 cm³/mol. The fourth-order valence-electron chi connectivity index (χ4n) is 1.94. The minimum absolute atomic E-state index is 0.263. The van der Waals surface area contributed by atoms with E-state index in [-0.39, 0.29) is 6.61 Å². The summed E-state index contributed by atoms with van der Waals surface area (Å²) in [5.74, 6) is 0.871. The quantitative estimate of drug-likeness (QED) is 0.594. The summed E-state index contributed by atoms with van der Waals surface area (Å²) in [6, 6.07) is 5.77. The largest absolute Gasteiger partial charge is 0.489 e. The number of anilines is 2. The Morgan fingerprint density at radius 1 is 1.38 bits per heavy atom. The summed E-state index contributed by atoms with van der Waals surface area (Å²) < 4.78 is 5.57. The Hall–Kier alpha value is -1.42. The molecule has 0 saturated carbocycles. The highest BCUT2D eigenvalue weighted by Crippen LogP contribution is 2.33. The Morgan fingerprint density at radius 2 is 2.25 bits per heavy atom. The van der Waals surface area contributed by atoms with Crippen molar-refractivity contribution in [2.24, 2.45) is 0 Å². The molecule has 0 amide bonds. The SMILES string of the molecule is Nc1ccc2c(c1)OCCN2CCCCO. The third-order valence-corrected chi connectivity index (χ3v) is 2.78. The Morgan fingerprint density at radius 3 is 3.06 bits per heavy atom. The first-order chi connectivity index (χ1) is 7.81. The first-order valence-electron chi connectivity index (χ1n) is 5.69. The van der Waals surface area contributed by atoms with Crippen molar-refractivity contribution >= 4 is 11.4 Å². The summed E-state index contributed by atoms with van der Waals surface area (Å²) in [7, 11) is 0. The second-order valence-corrected chi connectivity index (χ2v) is 3.99. The van der Waals surface area contributed by atoms with Gasteiger partial charge in [-0.25, -0.2) is 0 Å². The van der Waals surface area contributed by atoms with Crippen LogP contribution >= 0.6 is 0 Å². The molecule has 1 aliphatic heterocycles. The van der Waals surface area contributed by atoms with E-state index in [4.69, 9.17) is 15.6 Å². The maximum absolute atomic E-state index is 8.77. The van der Waals surface area contributed by atoms with E-state index < -0.39 is 0 Å². The molecular formula is C12H18N2O2. The zero-order chi connectivity index (χ0) is 11.4. The molecule has 2 rings (SSSR count). The first-order valence-corrected chi connectivity index (χ1v) is 5.69. The third kappa shape index (κ3) is 2.39. The van der Waals surface area contributed by atoms with Crippen LogP contribution in [0.25, 0.3) is 0 Å². The van der Waals surface area contributed by atoms with Gasteiger partial charge in [-0.05, 0) is 25.0 Å². The van der Waals surface area contributed by atoms with Crippen LogP contribution in [-0.4, -0.2) is 31.4 Å². The van der Waals surface area contributed by atoms with Gasteiger partial charge in [0.15, 0.2) is 0 Å². The maximum atomic E-state index is 8.77. The Bertz CT molecular complexity index is 355. The van der Waals surface area contributed by atoms with Gasteiger partial charge in [0.25, 0.3) is 0 Å². The number of hydrogen-bond donors (Lipinski definition) is 2. The summed E-state index contributed by atoms with van der Waals surface area (Å²) in [6.07, 6.45) is 1.85. The number of benzene rings is 1. The summed E-state index contributed by atoms with van der Waals surface area (Å²) in [5, 5.41) is 8.77. The number of nitrogen functional groups attached to an aromatic ring is 1. The van der Waals surface area contributed by atoms with E-state index in [2.05, 4.69) is 4.90 Å². The fourth-order valence-corrected chi connectivity index (χ4v) is 1.94. The molecule has 3 N–H and O–H groups in total. The Labute approximate surface area is 95.6 Å². The fraction of sp³-hybridized carbons (Fsp3) is 0.500. The highest BCUT2D eigenvalue weighted by molar-refractivity contribution is 5.64. The molecule has 1 aliphatic rings. The van der Waals surface area contributed by atoms with Crippen molar-refractivity contribution in [3.63, 3.8) is 0 Å². The maximum Gasteiger partial charge on any atom is 0.144 e. The van der Waals surface area contributed by atoms with Crippen LogP contribution in [0, 0.1) is 0 Å². The van der Waals surface area contributed by atoms with Crippen LogP contribution in [-0.2, 0) is 0 Å². The average Bonchev–Trinajstić information content (AvgIpc) is 2.29. The lowest BCUT2D eigenvalue weighted by Gasteiger charge is -2.31. The number of rotatable bonds is 4. The van der Waals surface area contributed by atoms with Crippen molar-refractivity contribution < 1.29 is 9.84 Å². The minimum Gasteiger partial charge on any atom is -0.489 e. The smallest absolute Gasteiger partial charge is 0.144 e. The lowest BCUT2D eigenvalue weighted by atomic mass is 10.2. The van der Waals surface area contributed by atoms with Crippen molar-refractivity contribution in [1.29, 1.82) is 0 Å². The van der Waals surface area contributed by atoms with E-state index in [9.17, 15) is 0 Å². The van der Waals surface area contributed by atoms with Gasteiger partial charge in [-0.15, -0.1) is 0 Å². The molecule has 1 heterocycles. The van der Waals surface area contributed by atoms with Crippen molar-refractivity contribution in [2.45, 2.75) is 12.8 Å². The van der Waals surface area contributed by atoms with Gasteiger partial charge in [-0.1, -0.05) is 0 Å². The van der Waals surface area contributed by atoms with Crippen molar-refractivity contribution in [3.05, 3.63) is 18.2 Å². The molecule has 0 unspecified atom stereocenters. The number of unbranched alkanes of at least 4 members (excludes halogenated alkanes) is 1. The molecule has 1 aromatic carbocycles. The van der Waals surface area contributed by atoms with Crippen LogP contribution in [0.2, 0.25) is 0 Å². The molecular weight excluding hydrogens is 204 g/mol. The summed E-state index contributed by atoms with van der Waals surface area (Å²) >= 11 is 0. The van der Waals surface area contributed by atoms with Gasteiger partial charge in [0.2, 0.25) is 0 Å². The van der Waals surface area contributed by atoms with E-state index in [0.29, 0.717) is 6.61 Å². The molecule has 0 aromatic heterocycles. The second-order valence-electron chi connectivity index (χ2n) is 3.99. The zero-order valence-corrected chi connectivity index (χ0v) is 9.35. The number of ether oxygens (including phenoxy) is 1. The second kappa shape index (κ2) is 5.07. The molecule has 0 saturated heterocycles. The highest BCUT2D eigenvalue weighted by atomic mass is 16.5. The van der Waals surface area contributed by atoms with Crippen LogP contribution < -0.4 is 15.4 Å². The van der Waals surface area contributed by atoms with E-state index in [1.54, 1.807) is 0 Å². The number of hydrogen-bond acceptors (Lipinski definition) is 4. The van der Waals surface area contributed by atoms with Crippen LogP contribution in [0.5, 0.6) is 5.75 Å².